The third-order valence-corrected chi connectivity index (χ3v) is 19.9. The first-order valence-corrected chi connectivity index (χ1v) is 45.8. The fourth-order valence-corrected chi connectivity index (χ4v) is 13.1. The molecule has 3 N–H and O–H groups in total. The van der Waals surface area contributed by atoms with Crippen LogP contribution in [0.3, 0.4) is 0 Å². The zero-order chi connectivity index (χ0) is 78.9. The van der Waals surface area contributed by atoms with Crippen LogP contribution < -0.4 is 0 Å². The van der Waals surface area contributed by atoms with Crippen LogP contribution in [0.4, 0.5) is 0 Å². The van der Waals surface area contributed by atoms with E-state index in [9.17, 15) is 43.2 Å². The molecule has 19 heteroatoms. The molecule has 5 unspecified atom stereocenters. The summed E-state index contributed by atoms with van der Waals surface area (Å²) in [5.41, 5.74) is 0. The molecule has 108 heavy (non-hydrogen) atoms. The lowest BCUT2D eigenvalue weighted by Gasteiger charge is -2.21. The number of hydrogen-bond donors (Lipinski definition) is 3. The van der Waals surface area contributed by atoms with Gasteiger partial charge in [-0.25, -0.2) is 9.13 Å². The molecule has 0 saturated carbocycles. The van der Waals surface area contributed by atoms with Crippen molar-refractivity contribution in [2.75, 3.05) is 39.6 Å². The molecule has 0 aliphatic heterocycles. The Morgan fingerprint density at radius 2 is 0.500 bits per heavy atom. The topological polar surface area (TPSA) is 237 Å². The number of hydrogen-bond acceptors (Lipinski definition) is 15. The molecule has 0 bridgehead atoms. The summed E-state index contributed by atoms with van der Waals surface area (Å²) in [5.74, 6) is -2.26. The maximum absolute atomic E-state index is 13.1. The van der Waals surface area contributed by atoms with Gasteiger partial charge in [0.05, 0.1) is 26.4 Å². The van der Waals surface area contributed by atoms with Crippen molar-refractivity contribution in [1.82, 2.24) is 0 Å². The average molecular weight is 1560 g/mol. The summed E-state index contributed by atoms with van der Waals surface area (Å²) >= 11 is 0. The number of ether oxygens (including phenoxy) is 4. The van der Waals surface area contributed by atoms with Crippen LogP contribution in [-0.2, 0) is 65.4 Å². The van der Waals surface area contributed by atoms with Gasteiger partial charge in [-0.1, -0.05) is 355 Å². The highest BCUT2D eigenvalue weighted by Crippen LogP contribution is 2.45. The number of carbonyl (C=O) groups is 4. The van der Waals surface area contributed by atoms with E-state index in [0.717, 1.165) is 148 Å². The highest BCUT2D eigenvalue weighted by molar-refractivity contribution is 7.47. The highest BCUT2D eigenvalue weighted by atomic mass is 31.2. The summed E-state index contributed by atoms with van der Waals surface area (Å²) in [7, 11) is -9.98. The third kappa shape index (κ3) is 79.5. The molecule has 0 aromatic rings. The minimum absolute atomic E-state index is 0.0371. The van der Waals surface area contributed by atoms with Gasteiger partial charge in [-0.15, -0.1) is 0 Å². The summed E-state index contributed by atoms with van der Waals surface area (Å²) in [5, 5.41) is 10.7. The molecule has 5 atom stereocenters. The van der Waals surface area contributed by atoms with Crippen molar-refractivity contribution >= 4 is 39.5 Å². The zero-order valence-corrected chi connectivity index (χ0v) is 70.0. The summed E-state index contributed by atoms with van der Waals surface area (Å²) in [4.78, 5) is 73.2. The lowest BCUT2D eigenvalue weighted by atomic mass is 10.0. The quantitative estimate of drug-likeness (QED) is 0.0169. The molecule has 0 spiro atoms. The lowest BCUT2D eigenvalue weighted by molar-refractivity contribution is -0.161. The van der Waals surface area contributed by atoms with Gasteiger partial charge in [0.1, 0.15) is 19.3 Å². The molecule has 0 aromatic carbocycles. The van der Waals surface area contributed by atoms with E-state index < -0.39 is 97.5 Å². The van der Waals surface area contributed by atoms with Crippen LogP contribution >= 0.6 is 15.6 Å². The molecule has 0 amide bonds. The normalized spacial score (nSPS) is 14.4. The number of phosphoric acid groups is 2. The Morgan fingerprint density at radius 3 is 0.796 bits per heavy atom. The van der Waals surface area contributed by atoms with Crippen LogP contribution in [0.2, 0.25) is 0 Å². The first-order chi connectivity index (χ1) is 52.7. The Balaban J connectivity index is 5.41. The Morgan fingerprint density at radius 1 is 0.269 bits per heavy atom. The summed E-state index contributed by atoms with van der Waals surface area (Å²) in [6.07, 6.45) is 90.3. The van der Waals surface area contributed by atoms with Gasteiger partial charge < -0.3 is 33.8 Å². The van der Waals surface area contributed by atoms with Crippen LogP contribution in [0.15, 0.2) is 122 Å². The van der Waals surface area contributed by atoms with Crippen LogP contribution in [-0.4, -0.2) is 96.7 Å². The minimum atomic E-state index is -5.00. The average Bonchev–Trinajstić information content (AvgIpc) is 0.923. The van der Waals surface area contributed by atoms with Crippen LogP contribution in [0, 0.1) is 0 Å². The van der Waals surface area contributed by atoms with Gasteiger partial charge in [-0.2, -0.15) is 0 Å². The molecule has 0 heterocycles. The zero-order valence-electron chi connectivity index (χ0n) is 68.2. The molecular formula is C89H154O17P2. The maximum Gasteiger partial charge on any atom is 0.472 e. The minimum Gasteiger partial charge on any atom is -0.462 e. The molecule has 0 rings (SSSR count). The Labute approximate surface area is 657 Å². The van der Waals surface area contributed by atoms with E-state index in [1.807, 2.05) is 12.2 Å². The molecule has 0 radical (unpaired) electrons. The third-order valence-electron chi connectivity index (χ3n) is 18.0. The maximum atomic E-state index is 13.1. The van der Waals surface area contributed by atoms with Gasteiger partial charge in [0.15, 0.2) is 12.2 Å². The standard InChI is InChI=1S/C89H154O17P2/c1-5-9-13-17-21-25-29-33-37-39-41-43-47-49-53-57-61-65-69-73-86(91)99-79-84(105-88(93)75-71-67-63-59-55-51-45-35-31-27-23-19-15-11-7-3)81-103-107(95,96)101-77-83(90)78-102-108(97,98)104-82-85(106-89(94)76-72-68-64-60-56-52-46-36-32-28-24-20-16-12-8-4)80-100-87(92)74-70-66-62-58-54-50-48-44-42-40-38-34-30-26-22-18-14-10-6-2/h9-10,13-14,21-22,25-26,33-34,37-38,41-44,49,53,61,65,83-85,90H,5-8,11-12,15-20,23-24,27-32,35-36,39-40,45-48,50-52,54-60,62-64,66-82H2,1-4H3,(H,95,96)(H,97,98)/b13-9-,14-10-,25-21-,26-22-,37-33-,38-34-,43-41-,44-42-,53-49-,65-61-. The predicted molar refractivity (Wildman–Crippen MR) is 445 cm³/mol. The number of rotatable bonds is 80. The van der Waals surface area contributed by atoms with E-state index in [1.165, 1.54) is 128 Å². The second-order valence-corrected chi connectivity index (χ2v) is 31.3. The van der Waals surface area contributed by atoms with Crippen LogP contribution in [0.1, 0.15) is 362 Å². The molecule has 0 saturated heterocycles. The molecule has 0 aliphatic rings. The largest absolute Gasteiger partial charge is 0.472 e. The van der Waals surface area contributed by atoms with E-state index in [0.29, 0.717) is 32.1 Å². The summed E-state index contributed by atoms with van der Waals surface area (Å²) in [6, 6.07) is 0. The molecule has 622 valence electrons. The van der Waals surface area contributed by atoms with Crippen molar-refractivity contribution < 1.29 is 80.2 Å². The summed E-state index contributed by atoms with van der Waals surface area (Å²) in [6.45, 7) is 4.62. The number of aliphatic hydroxyl groups is 1. The second-order valence-electron chi connectivity index (χ2n) is 28.4. The van der Waals surface area contributed by atoms with Gasteiger partial charge in [0.25, 0.3) is 0 Å². The number of aliphatic hydroxyl groups excluding tert-OH is 1. The van der Waals surface area contributed by atoms with Gasteiger partial charge in [-0.05, 0) is 103 Å². The monoisotopic (exact) mass is 1560 g/mol. The predicted octanol–water partition coefficient (Wildman–Crippen LogP) is 25.5. The molecule has 0 aromatic heterocycles. The molecule has 17 nitrogen and oxygen atoms in total. The number of esters is 4. The number of phosphoric ester groups is 2. The van der Waals surface area contributed by atoms with E-state index in [-0.39, 0.29) is 25.7 Å². The van der Waals surface area contributed by atoms with Crippen molar-refractivity contribution in [3.05, 3.63) is 122 Å². The van der Waals surface area contributed by atoms with Gasteiger partial charge in [0, 0.05) is 25.7 Å². The van der Waals surface area contributed by atoms with E-state index >= 15 is 0 Å². The Bertz CT molecular complexity index is 2520. The van der Waals surface area contributed by atoms with Crippen molar-refractivity contribution in [2.45, 2.75) is 380 Å². The second kappa shape index (κ2) is 80.5. The molecule has 0 aliphatic carbocycles. The van der Waals surface area contributed by atoms with Crippen molar-refractivity contribution in [2.24, 2.45) is 0 Å². The van der Waals surface area contributed by atoms with Crippen LogP contribution in [0.5, 0.6) is 0 Å². The molecular weight excluding hydrogens is 1400 g/mol. The van der Waals surface area contributed by atoms with E-state index in [2.05, 4.69) is 137 Å². The van der Waals surface area contributed by atoms with Crippen LogP contribution in [0.25, 0.3) is 0 Å². The van der Waals surface area contributed by atoms with E-state index in [1.54, 1.807) is 0 Å². The van der Waals surface area contributed by atoms with E-state index in [4.69, 9.17) is 37.0 Å². The fourth-order valence-electron chi connectivity index (χ4n) is 11.5. The SMILES string of the molecule is CC/C=C\C/C=C\C/C=C\C/C=C\C/C=C\C/C=C\CCC(=O)OCC(COP(=O)(O)OCC(O)COP(=O)(O)OCC(COC(=O)CCCCCCCC/C=C\C/C=C\C/C=C\C/C=C\CC)OC(=O)CCCCCCCCCCCCCCCCC)OC(=O)CCCCCCCCCCCCCCCCC. The highest BCUT2D eigenvalue weighted by Gasteiger charge is 2.30. The smallest absolute Gasteiger partial charge is 0.462 e. The van der Waals surface area contributed by atoms with Gasteiger partial charge in [-0.3, -0.25) is 37.3 Å². The Kier molecular flexibility index (Phi) is 77.1. The fraction of sp³-hybridized carbons (Fsp3) is 0.730. The van der Waals surface area contributed by atoms with Crippen molar-refractivity contribution in [3.63, 3.8) is 0 Å². The van der Waals surface area contributed by atoms with Crippen molar-refractivity contribution in [3.8, 4) is 0 Å². The van der Waals surface area contributed by atoms with Crippen molar-refractivity contribution in [1.29, 1.82) is 0 Å². The lowest BCUT2D eigenvalue weighted by Crippen LogP contribution is -2.30. The number of carbonyl (C=O) groups excluding carboxylic acids is 4. The molecule has 0 fully saturated rings. The van der Waals surface area contributed by atoms with Gasteiger partial charge in [0.2, 0.25) is 0 Å². The number of allylic oxidation sites excluding steroid dienone is 20. The van der Waals surface area contributed by atoms with Gasteiger partial charge >= 0.3 is 39.5 Å². The Hall–Kier alpha value is -4.54. The first kappa shape index (κ1) is 103. The summed E-state index contributed by atoms with van der Waals surface area (Å²) < 4.78 is 68.7. The number of unbranched alkanes of at least 4 members (excludes halogenated alkanes) is 34. The first-order valence-electron chi connectivity index (χ1n) is 42.8.